The molecule has 2 aliphatic rings. The van der Waals surface area contributed by atoms with Crippen LogP contribution in [-0.4, -0.2) is 18.0 Å². The van der Waals surface area contributed by atoms with E-state index in [4.69, 9.17) is 30.2 Å². The fourth-order valence-corrected chi connectivity index (χ4v) is 8.47. The van der Waals surface area contributed by atoms with E-state index in [0.29, 0.717) is 22.6 Å². The molecule has 8 heteroatoms. The molecular formula is C59H64N6SiZn. The van der Waals surface area contributed by atoms with E-state index in [0.717, 1.165) is 61.4 Å². The monoisotopic (exact) mass is 948 g/mol. The molecule has 8 rings (SSSR count). The van der Waals surface area contributed by atoms with E-state index in [1.54, 1.807) is 0 Å². The fraction of sp³-hybridized carbons (Fsp3) is 0.322. The molecule has 336 valence electrons. The molecule has 5 heterocycles. The number of nitrogens with zero attached hydrogens (tertiary/aromatic N) is 6. The van der Waals surface area contributed by atoms with Crippen molar-refractivity contribution in [2.75, 3.05) is 0 Å². The smallest absolute Gasteiger partial charge is 0.657 e. The van der Waals surface area contributed by atoms with Crippen molar-refractivity contribution in [3.8, 4) is 33.7 Å². The molecule has 0 radical (unpaired) electrons. The second-order valence-corrected chi connectivity index (χ2v) is 27.8. The Hall–Kier alpha value is -5.74. The largest absolute Gasteiger partial charge is 2.00 e. The van der Waals surface area contributed by atoms with Crippen molar-refractivity contribution in [2.24, 2.45) is 10.2 Å². The summed E-state index contributed by atoms with van der Waals surface area (Å²) in [7, 11) is -1.53. The van der Waals surface area contributed by atoms with Gasteiger partial charge in [0, 0.05) is 5.56 Å². The Morgan fingerprint density at radius 3 is 1.46 bits per heavy atom. The minimum Gasteiger partial charge on any atom is -0.657 e. The summed E-state index contributed by atoms with van der Waals surface area (Å²) in [5.74, 6) is 3.36. The first-order chi connectivity index (χ1) is 30.8. The van der Waals surface area contributed by atoms with Gasteiger partial charge in [-0.3, -0.25) is 0 Å². The van der Waals surface area contributed by atoms with Crippen LogP contribution in [0.5, 0.6) is 0 Å². The molecule has 0 N–H and O–H groups in total. The van der Waals surface area contributed by atoms with Crippen LogP contribution in [0.3, 0.4) is 0 Å². The molecule has 6 aromatic rings. The van der Waals surface area contributed by atoms with Gasteiger partial charge in [-0.05, 0) is 115 Å². The maximum atomic E-state index is 5.42. The second-order valence-electron chi connectivity index (χ2n) is 23.0. The molecule has 67 heavy (non-hydrogen) atoms. The molecule has 0 saturated heterocycles. The van der Waals surface area contributed by atoms with Crippen molar-refractivity contribution in [3.63, 3.8) is 0 Å². The summed E-state index contributed by atoms with van der Waals surface area (Å²) >= 11 is 0. The van der Waals surface area contributed by atoms with Gasteiger partial charge < -0.3 is 9.97 Å². The summed E-state index contributed by atoms with van der Waals surface area (Å²) in [6, 6.07) is 32.3. The van der Waals surface area contributed by atoms with Gasteiger partial charge in [0.15, 0.2) is 0 Å². The standard InChI is InChI=1S/C59H64N6Si.Zn/c1-56(2,3)40-30-38(31-41(34-40)57(4,5)6)53-47-22-20-45(60-47)36-46-21-23-48(61-46)54(39-32-42(58(7,8)9)35-43(33-39)59(10,11)12)50-25-27-52(63-50)55(51-26-24-49(53)62-51)65-64-44-18-16-37(17-19-44)28-29-66(13,14)15;/h16-27,30-36H,1-15H3;/q-2;+2. The maximum absolute atomic E-state index is 5.42. The minimum absolute atomic E-state index is 0. The van der Waals surface area contributed by atoms with Crippen LogP contribution in [0.15, 0.2) is 101 Å². The molecule has 0 atom stereocenters. The summed E-state index contributed by atoms with van der Waals surface area (Å²) in [5.41, 5.74) is 20.7. The Labute approximate surface area is 412 Å². The molecular weight excluding hydrogens is 886 g/mol. The topological polar surface area (TPSA) is 78.7 Å². The summed E-state index contributed by atoms with van der Waals surface area (Å²) in [6.07, 6.45) is 8.31. The van der Waals surface area contributed by atoms with Crippen LogP contribution in [0.2, 0.25) is 19.6 Å². The van der Waals surface area contributed by atoms with Gasteiger partial charge in [0.25, 0.3) is 0 Å². The molecule has 0 unspecified atom stereocenters. The normalized spacial score (nSPS) is 13.2. The quantitative estimate of drug-likeness (QED) is 0.100. The summed E-state index contributed by atoms with van der Waals surface area (Å²) in [5, 5.41) is 9.84. The van der Waals surface area contributed by atoms with Gasteiger partial charge in [-0.2, -0.15) is 5.11 Å². The van der Waals surface area contributed by atoms with Crippen molar-refractivity contribution in [1.29, 1.82) is 0 Å². The molecule has 0 fully saturated rings. The molecule has 2 aliphatic heterocycles. The number of fused-ring (bicyclic) bond motifs is 8. The zero-order valence-electron chi connectivity index (χ0n) is 42.4. The predicted molar refractivity (Wildman–Crippen MR) is 283 cm³/mol. The number of hydrogen-bond acceptors (Lipinski definition) is 4. The van der Waals surface area contributed by atoms with Crippen molar-refractivity contribution in [2.45, 2.75) is 124 Å². The van der Waals surface area contributed by atoms with Crippen LogP contribution in [0.1, 0.15) is 134 Å². The Morgan fingerprint density at radius 2 is 0.940 bits per heavy atom. The van der Waals surface area contributed by atoms with Gasteiger partial charge in [-0.25, -0.2) is 9.97 Å². The third kappa shape index (κ3) is 11.2. The number of azo groups is 1. The molecule has 0 aliphatic carbocycles. The van der Waals surface area contributed by atoms with Crippen molar-refractivity contribution in [1.82, 2.24) is 19.9 Å². The summed E-state index contributed by atoms with van der Waals surface area (Å²) in [6.45, 7) is 34.0. The van der Waals surface area contributed by atoms with Crippen LogP contribution in [0.4, 0.5) is 11.4 Å². The Kier molecular flexibility index (Phi) is 13.3. The maximum Gasteiger partial charge on any atom is 2.00 e. The number of rotatable bonds is 4. The van der Waals surface area contributed by atoms with Gasteiger partial charge in [-0.1, -0.05) is 175 Å². The van der Waals surface area contributed by atoms with E-state index in [2.05, 4.69) is 193 Å². The molecule has 0 spiro atoms. The molecule has 8 bridgehead atoms. The van der Waals surface area contributed by atoms with Crippen LogP contribution in [-0.2, 0) is 41.1 Å². The van der Waals surface area contributed by atoms with Crippen LogP contribution >= 0.6 is 0 Å². The Balaban J connectivity index is 0.00000666. The van der Waals surface area contributed by atoms with Crippen LogP contribution in [0, 0.1) is 11.5 Å². The van der Waals surface area contributed by atoms with Gasteiger partial charge in [0.2, 0.25) is 0 Å². The fourth-order valence-electron chi connectivity index (χ4n) is 7.96. The average molecular weight is 951 g/mol. The second kappa shape index (κ2) is 18.1. The Morgan fingerprint density at radius 1 is 0.478 bits per heavy atom. The number of benzene rings is 3. The third-order valence-electron chi connectivity index (χ3n) is 12.0. The number of hydrogen-bond donors (Lipinski definition) is 0. The van der Waals surface area contributed by atoms with Crippen molar-refractivity contribution >= 4 is 65.8 Å². The van der Waals surface area contributed by atoms with E-state index in [9.17, 15) is 0 Å². The Bertz CT molecular complexity index is 3070. The van der Waals surface area contributed by atoms with E-state index in [1.807, 2.05) is 36.4 Å². The van der Waals surface area contributed by atoms with Crippen LogP contribution < -0.4 is 9.97 Å². The third-order valence-corrected chi connectivity index (χ3v) is 12.9. The predicted octanol–water partition coefficient (Wildman–Crippen LogP) is 16.1. The molecule has 6 nitrogen and oxygen atoms in total. The van der Waals surface area contributed by atoms with Gasteiger partial charge >= 0.3 is 19.5 Å². The minimum atomic E-state index is -1.53. The van der Waals surface area contributed by atoms with Gasteiger partial charge in [0.05, 0.1) is 34.2 Å². The molecule has 0 amide bonds. The van der Waals surface area contributed by atoms with Crippen molar-refractivity contribution < 1.29 is 19.5 Å². The van der Waals surface area contributed by atoms with Gasteiger partial charge in [0.1, 0.15) is 8.07 Å². The van der Waals surface area contributed by atoms with Gasteiger partial charge in [-0.15, -0.1) is 32.7 Å². The van der Waals surface area contributed by atoms with E-state index < -0.39 is 8.07 Å². The SMILES string of the molecule is CC(C)(C)c1cc(-c2c3nc(c(N=Nc4ccc(C#C[Si](C)(C)C)cc4)c4ccc([n-]4)c(-c4cc(C(C)(C)C)cc(C(C)(C)C)c4)c4nc(cc5ccc2[n-]5)C=C4)C=C3)cc(C(C)(C)C)c1.[Zn+2]. The first-order valence-electron chi connectivity index (χ1n) is 23.2. The summed E-state index contributed by atoms with van der Waals surface area (Å²) < 4.78 is 0. The molecule has 3 aromatic carbocycles. The first kappa shape index (κ1) is 49.2. The zero-order valence-corrected chi connectivity index (χ0v) is 46.3. The van der Waals surface area contributed by atoms with Crippen LogP contribution in [0.25, 0.3) is 68.6 Å². The van der Waals surface area contributed by atoms with E-state index in [1.165, 1.54) is 22.3 Å². The van der Waals surface area contributed by atoms with Crippen molar-refractivity contribution in [3.05, 3.63) is 142 Å². The zero-order chi connectivity index (χ0) is 47.6. The number of aromatic nitrogens is 4. The van der Waals surface area contributed by atoms with E-state index in [-0.39, 0.29) is 41.1 Å². The summed E-state index contributed by atoms with van der Waals surface area (Å²) in [4.78, 5) is 21.4. The first-order valence-corrected chi connectivity index (χ1v) is 26.7. The average Bonchev–Trinajstić information content (AvgIpc) is 4.06. The van der Waals surface area contributed by atoms with E-state index >= 15 is 0 Å². The molecule has 0 saturated carbocycles. The molecule has 3 aromatic heterocycles.